The van der Waals surface area contributed by atoms with Crippen LogP contribution in [0.3, 0.4) is 0 Å². The van der Waals surface area contributed by atoms with Crippen LogP contribution in [0.5, 0.6) is 0 Å². The third-order valence-corrected chi connectivity index (χ3v) is 4.69. The van der Waals surface area contributed by atoms with E-state index in [9.17, 15) is 13.6 Å². The molecule has 2 fully saturated rings. The lowest BCUT2D eigenvalue weighted by Crippen LogP contribution is -2.39. The molecule has 0 unspecified atom stereocenters. The van der Waals surface area contributed by atoms with E-state index >= 15 is 0 Å². The minimum Gasteiger partial charge on any atom is -0.445 e. The molecule has 2 aliphatic rings. The maximum atomic E-state index is 13.3. The van der Waals surface area contributed by atoms with Gasteiger partial charge in [0.25, 0.3) is 5.92 Å². The van der Waals surface area contributed by atoms with Crippen LogP contribution in [0, 0.1) is 5.41 Å². The highest BCUT2D eigenvalue weighted by molar-refractivity contribution is 5.67. The maximum Gasteiger partial charge on any atom is 0.407 e. The van der Waals surface area contributed by atoms with Gasteiger partial charge in [-0.3, -0.25) is 0 Å². The van der Waals surface area contributed by atoms with Crippen LogP contribution in [0.15, 0.2) is 30.3 Å². The van der Waals surface area contributed by atoms with E-state index in [-0.39, 0.29) is 19.1 Å². The predicted molar refractivity (Wildman–Crippen MR) is 74.0 cm³/mol. The molecule has 3 nitrogen and oxygen atoms in total. The molecule has 1 amide bonds. The van der Waals surface area contributed by atoms with E-state index in [0.29, 0.717) is 25.7 Å². The number of benzene rings is 1. The van der Waals surface area contributed by atoms with Gasteiger partial charge < -0.3 is 10.1 Å². The summed E-state index contributed by atoms with van der Waals surface area (Å²) < 4.78 is 31.7. The Morgan fingerprint density at radius 2 is 1.86 bits per heavy atom. The second-order valence-electron chi connectivity index (χ2n) is 6.14. The molecule has 2 aliphatic carbocycles. The molecule has 5 heteroatoms. The Hall–Kier alpha value is -1.65. The summed E-state index contributed by atoms with van der Waals surface area (Å²) in [6.45, 7) is 0.224. The molecular weight excluding hydrogens is 276 g/mol. The summed E-state index contributed by atoms with van der Waals surface area (Å²) in [5.74, 6) is -2.48. The zero-order valence-corrected chi connectivity index (χ0v) is 11.8. The number of nitrogens with one attached hydrogen (secondary N) is 1. The van der Waals surface area contributed by atoms with Crippen molar-refractivity contribution in [2.75, 3.05) is 0 Å². The van der Waals surface area contributed by atoms with Gasteiger partial charge in [0.2, 0.25) is 0 Å². The van der Waals surface area contributed by atoms with Gasteiger partial charge in [0.15, 0.2) is 0 Å². The molecule has 0 radical (unpaired) electrons. The van der Waals surface area contributed by atoms with Crippen molar-refractivity contribution < 1.29 is 18.3 Å². The van der Waals surface area contributed by atoms with Crippen LogP contribution >= 0.6 is 0 Å². The number of halogens is 2. The summed E-state index contributed by atoms with van der Waals surface area (Å²) in [6, 6.07) is 9.38. The molecular formula is C16H19F2NO2. The molecule has 114 valence electrons. The number of alkyl halides is 2. The molecule has 0 bridgehead atoms. The monoisotopic (exact) mass is 295 g/mol. The maximum absolute atomic E-state index is 13.3. The number of carbonyl (C=O) groups is 1. The Bertz CT molecular complexity index is 510. The number of ether oxygens (including phenoxy) is 1. The minimum absolute atomic E-state index is 0.0190. The summed E-state index contributed by atoms with van der Waals surface area (Å²) in [4.78, 5) is 11.7. The first-order chi connectivity index (χ1) is 10.0. The standard InChI is InChI=1S/C16H19F2NO2/c17-16(18)11-15(16)8-6-13(7-9-15)19-14(20)21-10-12-4-2-1-3-5-12/h1-5,13H,6-11H2,(H,19,20). The molecule has 0 aromatic heterocycles. The van der Waals surface area contributed by atoms with Crippen molar-refractivity contribution in [3.63, 3.8) is 0 Å². The number of carbonyl (C=O) groups excluding carboxylic acids is 1. The zero-order chi connectivity index (χ0) is 14.9. The van der Waals surface area contributed by atoms with Gasteiger partial charge in [-0.1, -0.05) is 30.3 Å². The number of amides is 1. The van der Waals surface area contributed by atoms with E-state index in [1.807, 2.05) is 30.3 Å². The van der Waals surface area contributed by atoms with Crippen LogP contribution in [-0.4, -0.2) is 18.1 Å². The fraction of sp³-hybridized carbons (Fsp3) is 0.562. The highest BCUT2D eigenvalue weighted by Gasteiger charge is 2.70. The molecule has 0 atom stereocenters. The fourth-order valence-electron chi connectivity index (χ4n) is 3.17. The van der Waals surface area contributed by atoms with E-state index in [0.717, 1.165) is 5.56 Å². The van der Waals surface area contributed by atoms with Gasteiger partial charge in [0.1, 0.15) is 6.61 Å². The lowest BCUT2D eigenvalue weighted by Gasteiger charge is -2.28. The van der Waals surface area contributed by atoms with Crippen molar-refractivity contribution in [3.8, 4) is 0 Å². The summed E-state index contributed by atoms with van der Waals surface area (Å²) in [7, 11) is 0. The number of rotatable bonds is 3. The molecule has 1 N–H and O–H groups in total. The smallest absolute Gasteiger partial charge is 0.407 e. The van der Waals surface area contributed by atoms with E-state index in [1.165, 1.54) is 0 Å². The Labute approximate surface area is 122 Å². The van der Waals surface area contributed by atoms with Gasteiger partial charge in [0.05, 0.1) is 0 Å². The van der Waals surface area contributed by atoms with Crippen LogP contribution in [0.2, 0.25) is 0 Å². The molecule has 1 aromatic rings. The van der Waals surface area contributed by atoms with E-state index < -0.39 is 17.4 Å². The van der Waals surface area contributed by atoms with E-state index in [4.69, 9.17) is 4.74 Å². The van der Waals surface area contributed by atoms with Crippen molar-refractivity contribution in [1.82, 2.24) is 5.32 Å². The third kappa shape index (κ3) is 3.01. The summed E-state index contributed by atoms with van der Waals surface area (Å²) in [6.07, 6.45) is 1.74. The molecule has 21 heavy (non-hydrogen) atoms. The first-order valence-corrected chi connectivity index (χ1v) is 7.36. The number of alkyl carbamates (subject to hydrolysis) is 1. The number of hydrogen-bond donors (Lipinski definition) is 1. The predicted octanol–water partition coefficient (Wildman–Crippen LogP) is 3.88. The summed E-state index contributed by atoms with van der Waals surface area (Å²) in [5.41, 5.74) is 0.159. The summed E-state index contributed by atoms with van der Waals surface area (Å²) >= 11 is 0. The van der Waals surface area contributed by atoms with Crippen molar-refractivity contribution in [3.05, 3.63) is 35.9 Å². The second-order valence-corrected chi connectivity index (χ2v) is 6.14. The highest BCUT2D eigenvalue weighted by Crippen LogP contribution is 2.67. The van der Waals surface area contributed by atoms with Crippen LogP contribution in [0.25, 0.3) is 0 Å². The first-order valence-electron chi connectivity index (χ1n) is 7.36. The highest BCUT2D eigenvalue weighted by atomic mass is 19.3. The second kappa shape index (κ2) is 5.28. The van der Waals surface area contributed by atoms with Crippen molar-refractivity contribution >= 4 is 6.09 Å². The zero-order valence-electron chi connectivity index (χ0n) is 11.8. The van der Waals surface area contributed by atoms with Gasteiger partial charge in [0, 0.05) is 17.9 Å². The van der Waals surface area contributed by atoms with Crippen molar-refractivity contribution in [2.45, 2.75) is 50.7 Å². The minimum atomic E-state index is -2.48. The Morgan fingerprint density at radius 1 is 1.24 bits per heavy atom. The molecule has 3 rings (SSSR count). The Balaban J connectivity index is 1.40. The average Bonchev–Trinajstić information content (AvgIpc) is 3.01. The van der Waals surface area contributed by atoms with Gasteiger partial charge >= 0.3 is 6.09 Å². The average molecular weight is 295 g/mol. The number of hydrogen-bond acceptors (Lipinski definition) is 2. The molecule has 0 saturated heterocycles. The van der Waals surface area contributed by atoms with Gasteiger partial charge in [-0.05, 0) is 31.2 Å². The fourth-order valence-corrected chi connectivity index (χ4v) is 3.17. The molecule has 2 saturated carbocycles. The van der Waals surface area contributed by atoms with E-state index in [1.54, 1.807) is 0 Å². The Kier molecular flexibility index (Phi) is 3.59. The largest absolute Gasteiger partial charge is 0.445 e. The van der Waals surface area contributed by atoms with Crippen LogP contribution in [-0.2, 0) is 11.3 Å². The SMILES string of the molecule is O=C(NC1CCC2(CC1)CC2(F)F)OCc1ccccc1. The quantitative estimate of drug-likeness (QED) is 0.919. The summed E-state index contributed by atoms with van der Waals surface area (Å²) in [5, 5.41) is 2.78. The third-order valence-electron chi connectivity index (χ3n) is 4.69. The van der Waals surface area contributed by atoms with Crippen molar-refractivity contribution in [1.29, 1.82) is 0 Å². The molecule has 1 aromatic carbocycles. The van der Waals surface area contributed by atoms with E-state index in [2.05, 4.69) is 5.32 Å². The topological polar surface area (TPSA) is 38.3 Å². The normalized spacial score (nSPS) is 29.9. The van der Waals surface area contributed by atoms with Gasteiger partial charge in [-0.25, -0.2) is 13.6 Å². The molecule has 1 spiro atoms. The van der Waals surface area contributed by atoms with Crippen LogP contribution in [0.1, 0.15) is 37.7 Å². The lowest BCUT2D eigenvalue weighted by molar-refractivity contribution is 0.0433. The molecule has 0 aliphatic heterocycles. The van der Waals surface area contributed by atoms with Crippen LogP contribution in [0.4, 0.5) is 13.6 Å². The Morgan fingerprint density at radius 3 is 2.43 bits per heavy atom. The van der Waals surface area contributed by atoms with Gasteiger partial charge in [-0.15, -0.1) is 0 Å². The van der Waals surface area contributed by atoms with Crippen LogP contribution < -0.4 is 5.32 Å². The van der Waals surface area contributed by atoms with Gasteiger partial charge in [-0.2, -0.15) is 0 Å². The van der Waals surface area contributed by atoms with Crippen molar-refractivity contribution in [2.24, 2.45) is 5.41 Å². The first kappa shape index (κ1) is 14.3. The molecule has 0 heterocycles. The lowest BCUT2D eigenvalue weighted by atomic mass is 9.83.